The van der Waals surface area contributed by atoms with Gasteiger partial charge in [-0.05, 0) is 18.2 Å². The molecule has 2 N–H and O–H groups in total. The molecule has 6 nitrogen and oxygen atoms in total. The molecule has 96 valence electrons. The van der Waals surface area contributed by atoms with Gasteiger partial charge in [0.05, 0.1) is 0 Å². The standard InChI is InChI=1S/C9H8BrFN4O2S/c1-15-8(13-14-9(15)18(12,16)17)5-2-6(10)4-7(11)3-5/h2-4H,1H3,(H2,12,16,17). The van der Waals surface area contributed by atoms with Crippen LogP contribution < -0.4 is 5.14 Å². The monoisotopic (exact) mass is 334 g/mol. The van der Waals surface area contributed by atoms with E-state index in [9.17, 15) is 12.8 Å². The molecule has 0 saturated carbocycles. The van der Waals surface area contributed by atoms with Crippen LogP contribution >= 0.6 is 15.9 Å². The van der Waals surface area contributed by atoms with Crippen molar-refractivity contribution < 1.29 is 12.8 Å². The van der Waals surface area contributed by atoms with E-state index in [-0.39, 0.29) is 11.0 Å². The number of hydrogen-bond donors (Lipinski definition) is 1. The van der Waals surface area contributed by atoms with Gasteiger partial charge in [-0.25, -0.2) is 17.9 Å². The Morgan fingerprint density at radius 2 is 2.00 bits per heavy atom. The summed E-state index contributed by atoms with van der Waals surface area (Å²) in [5, 5.41) is 11.8. The van der Waals surface area contributed by atoms with Crippen molar-refractivity contribution >= 4 is 26.0 Å². The fourth-order valence-electron chi connectivity index (χ4n) is 1.50. The van der Waals surface area contributed by atoms with Gasteiger partial charge >= 0.3 is 0 Å². The van der Waals surface area contributed by atoms with Crippen molar-refractivity contribution in [2.24, 2.45) is 12.2 Å². The van der Waals surface area contributed by atoms with E-state index in [0.29, 0.717) is 10.0 Å². The van der Waals surface area contributed by atoms with E-state index in [2.05, 4.69) is 26.1 Å². The first-order valence-electron chi connectivity index (χ1n) is 4.67. The van der Waals surface area contributed by atoms with Crippen LogP contribution in [-0.2, 0) is 17.1 Å². The van der Waals surface area contributed by atoms with Gasteiger partial charge in [-0.15, -0.1) is 10.2 Å². The van der Waals surface area contributed by atoms with E-state index in [1.54, 1.807) is 6.07 Å². The number of aromatic nitrogens is 3. The second-order valence-corrected chi connectivity index (χ2v) is 5.94. The third-order valence-corrected chi connectivity index (χ3v) is 3.53. The molecule has 0 fully saturated rings. The number of nitrogens with zero attached hydrogens (tertiary/aromatic N) is 3. The van der Waals surface area contributed by atoms with Crippen LogP contribution in [0.4, 0.5) is 4.39 Å². The highest BCUT2D eigenvalue weighted by molar-refractivity contribution is 9.10. The molecule has 0 amide bonds. The Labute approximate surface area is 111 Å². The Kier molecular flexibility index (Phi) is 3.21. The van der Waals surface area contributed by atoms with Crippen LogP contribution in [0.15, 0.2) is 27.8 Å². The van der Waals surface area contributed by atoms with Gasteiger partial charge in [0.2, 0.25) is 0 Å². The summed E-state index contributed by atoms with van der Waals surface area (Å²) in [6.45, 7) is 0. The van der Waals surface area contributed by atoms with Gasteiger partial charge in [-0.2, -0.15) is 0 Å². The van der Waals surface area contributed by atoms with Crippen molar-refractivity contribution in [3.05, 3.63) is 28.5 Å². The van der Waals surface area contributed by atoms with E-state index in [0.717, 1.165) is 0 Å². The molecule has 0 saturated heterocycles. The minimum absolute atomic E-state index is 0.208. The smallest absolute Gasteiger partial charge is 0.273 e. The van der Waals surface area contributed by atoms with E-state index in [4.69, 9.17) is 5.14 Å². The number of hydrogen-bond acceptors (Lipinski definition) is 4. The molecule has 0 bridgehead atoms. The van der Waals surface area contributed by atoms with Gasteiger partial charge in [-0.3, -0.25) is 4.57 Å². The molecule has 0 atom stereocenters. The highest BCUT2D eigenvalue weighted by atomic mass is 79.9. The summed E-state index contributed by atoms with van der Waals surface area (Å²) in [6, 6.07) is 4.10. The molecule has 0 aliphatic carbocycles. The van der Waals surface area contributed by atoms with Crippen molar-refractivity contribution in [2.45, 2.75) is 5.16 Å². The molecule has 18 heavy (non-hydrogen) atoms. The molecule has 0 spiro atoms. The SMILES string of the molecule is Cn1c(-c2cc(F)cc(Br)c2)nnc1S(N)(=O)=O. The third kappa shape index (κ3) is 2.42. The molecule has 1 aromatic heterocycles. The van der Waals surface area contributed by atoms with Crippen LogP contribution in [0.5, 0.6) is 0 Å². The number of benzene rings is 1. The maximum atomic E-state index is 13.3. The van der Waals surface area contributed by atoms with Crippen LogP contribution in [0.2, 0.25) is 0 Å². The number of sulfonamides is 1. The number of halogens is 2. The number of rotatable bonds is 2. The Balaban J connectivity index is 2.63. The molecule has 9 heteroatoms. The predicted octanol–water partition coefficient (Wildman–Crippen LogP) is 1.03. The summed E-state index contributed by atoms with van der Waals surface area (Å²) < 4.78 is 37.4. The fourth-order valence-corrected chi connectivity index (χ4v) is 2.59. The maximum absolute atomic E-state index is 13.3. The van der Waals surface area contributed by atoms with Crippen LogP contribution in [0.1, 0.15) is 0 Å². The van der Waals surface area contributed by atoms with Gasteiger partial charge in [-0.1, -0.05) is 15.9 Å². The van der Waals surface area contributed by atoms with E-state index < -0.39 is 15.8 Å². The minimum Gasteiger partial charge on any atom is -0.300 e. The highest BCUT2D eigenvalue weighted by Gasteiger charge is 2.19. The zero-order chi connectivity index (χ0) is 13.5. The average molecular weight is 335 g/mol. The molecule has 0 aliphatic heterocycles. The Hall–Kier alpha value is -1.32. The van der Waals surface area contributed by atoms with Crippen molar-refractivity contribution in [1.82, 2.24) is 14.8 Å². The van der Waals surface area contributed by atoms with E-state index >= 15 is 0 Å². The Morgan fingerprint density at radius 3 is 2.50 bits per heavy atom. The zero-order valence-electron chi connectivity index (χ0n) is 9.13. The lowest BCUT2D eigenvalue weighted by atomic mass is 10.2. The largest absolute Gasteiger partial charge is 0.300 e. The number of nitrogens with two attached hydrogens (primary N) is 1. The van der Waals surface area contributed by atoms with Gasteiger partial charge in [0, 0.05) is 17.1 Å². The lowest BCUT2D eigenvalue weighted by Gasteiger charge is -2.03. The first kappa shape index (κ1) is 13.1. The molecular weight excluding hydrogens is 327 g/mol. The Bertz CT molecular complexity index is 693. The summed E-state index contributed by atoms with van der Waals surface area (Å²) in [4.78, 5) is 0. The topological polar surface area (TPSA) is 90.9 Å². The first-order valence-corrected chi connectivity index (χ1v) is 7.01. The van der Waals surface area contributed by atoms with E-state index in [1.165, 1.54) is 23.7 Å². The summed E-state index contributed by atoms with van der Waals surface area (Å²) in [6.07, 6.45) is 0. The van der Waals surface area contributed by atoms with Crippen LogP contribution in [0.3, 0.4) is 0 Å². The lowest BCUT2D eigenvalue weighted by Crippen LogP contribution is -2.17. The van der Waals surface area contributed by atoms with E-state index in [1.807, 2.05) is 0 Å². The van der Waals surface area contributed by atoms with Crippen LogP contribution in [0.25, 0.3) is 11.4 Å². The van der Waals surface area contributed by atoms with Crippen LogP contribution in [-0.4, -0.2) is 23.2 Å². The third-order valence-electron chi connectivity index (χ3n) is 2.21. The second kappa shape index (κ2) is 4.41. The first-order chi connectivity index (χ1) is 8.29. The molecule has 0 radical (unpaired) electrons. The zero-order valence-corrected chi connectivity index (χ0v) is 11.5. The van der Waals surface area contributed by atoms with Gasteiger partial charge in [0.25, 0.3) is 15.2 Å². The van der Waals surface area contributed by atoms with Crippen molar-refractivity contribution in [3.63, 3.8) is 0 Å². The number of primary sulfonamides is 1. The van der Waals surface area contributed by atoms with Gasteiger partial charge in [0.1, 0.15) is 5.82 Å². The molecule has 2 aromatic rings. The minimum atomic E-state index is -3.96. The van der Waals surface area contributed by atoms with Crippen molar-refractivity contribution in [2.75, 3.05) is 0 Å². The molecule has 2 rings (SSSR count). The molecule has 0 unspecified atom stereocenters. The maximum Gasteiger partial charge on any atom is 0.273 e. The van der Waals surface area contributed by atoms with Crippen molar-refractivity contribution in [1.29, 1.82) is 0 Å². The van der Waals surface area contributed by atoms with Crippen molar-refractivity contribution in [3.8, 4) is 11.4 Å². The normalized spacial score (nSPS) is 11.8. The van der Waals surface area contributed by atoms with Gasteiger partial charge in [0.15, 0.2) is 5.82 Å². The molecular formula is C9H8BrFN4O2S. The van der Waals surface area contributed by atoms with Gasteiger partial charge < -0.3 is 0 Å². The predicted molar refractivity (Wildman–Crippen MR) is 65.5 cm³/mol. The molecule has 1 aromatic carbocycles. The summed E-state index contributed by atoms with van der Waals surface area (Å²) in [5.41, 5.74) is 0.395. The fraction of sp³-hybridized carbons (Fsp3) is 0.111. The molecule has 1 heterocycles. The quantitative estimate of drug-likeness (QED) is 0.887. The lowest BCUT2D eigenvalue weighted by molar-refractivity contribution is 0.580. The summed E-state index contributed by atoms with van der Waals surface area (Å²) in [7, 11) is -2.52. The highest BCUT2D eigenvalue weighted by Crippen LogP contribution is 2.23. The molecule has 0 aliphatic rings. The summed E-state index contributed by atoms with van der Waals surface area (Å²) in [5.74, 6) is -0.265. The summed E-state index contributed by atoms with van der Waals surface area (Å²) >= 11 is 3.14. The average Bonchev–Trinajstić information content (AvgIpc) is 2.57. The second-order valence-electron chi connectivity index (χ2n) is 3.57. The van der Waals surface area contributed by atoms with Crippen LogP contribution in [0, 0.1) is 5.82 Å². The Morgan fingerprint density at radius 1 is 1.33 bits per heavy atom.